The number of aryl methyl sites for hydroxylation is 1. The van der Waals surface area contributed by atoms with Crippen molar-refractivity contribution in [1.29, 1.82) is 0 Å². The molecule has 0 aliphatic carbocycles. The molecule has 0 amide bonds. The molecule has 8 heteroatoms. The zero-order valence-corrected chi connectivity index (χ0v) is 19.1. The van der Waals surface area contributed by atoms with E-state index in [1.165, 1.54) is 11.3 Å². The highest BCUT2D eigenvalue weighted by Crippen LogP contribution is 2.31. The number of benzene rings is 1. The third-order valence-electron chi connectivity index (χ3n) is 4.80. The van der Waals surface area contributed by atoms with E-state index >= 15 is 0 Å². The number of carbonyl (C=O) groups excluding carboxylic acids is 1. The maximum atomic E-state index is 13.4. The van der Waals surface area contributed by atoms with Crippen LogP contribution in [0.4, 0.5) is 0 Å². The quantitative estimate of drug-likeness (QED) is 0.560. The molecule has 4 rings (SSSR count). The highest BCUT2D eigenvalue weighted by Gasteiger charge is 2.33. The van der Waals surface area contributed by atoms with E-state index in [1.54, 1.807) is 61.7 Å². The number of fused-ring (bicyclic) bond motifs is 1. The largest absolute Gasteiger partial charge is 0.462 e. The Kier molecular flexibility index (Phi) is 5.73. The van der Waals surface area contributed by atoms with Crippen molar-refractivity contribution in [3.63, 3.8) is 0 Å². The van der Waals surface area contributed by atoms with Crippen LogP contribution in [0, 0.1) is 6.92 Å². The number of ether oxygens (including phenoxy) is 1. The molecule has 0 radical (unpaired) electrons. The molecule has 0 spiro atoms. The van der Waals surface area contributed by atoms with E-state index < -0.39 is 12.0 Å². The summed E-state index contributed by atoms with van der Waals surface area (Å²) in [5.74, 6) is 0.848. The summed E-state index contributed by atoms with van der Waals surface area (Å²) in [5.41, 5.74) is 1.35. The molecule has 0 saturated carbocycles. The van der Waals surface area contributed by atoms with Gasteiger partial charge in [0.1, 0.15) is 11.5 Å². The smallest absolute Gasteiger partial charge is 0.338 e. The van der Waals surface area contributed by atoms with Gasteiger partial charge in [-0.25, -0.2) is 9.79 Å². The Balaban J connectivity index is 1.95. The van der Waals surface area contributed by atoms with E-state index in [0.717, 1.165) is 11.3 Å². The number of rotatable bonds is 4. The molecule has 0 fully saturated rings. The zero-order valence-electron chi connectivity index (χ0n) is 17.5. The number of hydrogen-bond donors (Lipinski definition) is 0. The Morgan fingerprint density at radius 1 is 1.23 bits per heavy atom. The van der Waals surface area contributed by atoms with Crippen molar-refractivity contribution in [2.24, 2.45) is 4.99 Å². The molecule has 1 aliphatic rings. The lowest BCUT2D eigenvalue weighted by molar-refractivity contribution is -0.143. The lowest BCUT2D eigenvalue weighted by Crippen LogP contribution is -2.40. The SMILES string of the molecule is CC1=C(C(=O)OC(C)C)C(c2ccc(Cl)cc2)n2c(s/c(=C\c3ccc(C)o3)c2=O)=N1. The third-order valence-corrected chi connectivity index (χ3v) is 6.04. The van der Waals surface area contributed by atoms with Gasteiger partial charge in [0, 0.05) is 11.1 Å². The highest BCUT2D eigenvalue weighted by atomic mass is 35.5. The fourth-order valence-corrected chi connectivity index (χ4v) is 4.63. The fourth-order valence-electron chi connectivity index (χ4n) is 3.48. The summed E-state index contributed by atoms with van der Waals surface area (Å²) in [6.07, 6.45) is 1.40. The number of aromatic nitrogens is 1. The standard InChI is InChI=1S/C23H21ClN2O4S/c1-12(2)29-22(28)19-14(4)25-23-26(20(19)15-6-8-16(24)9-7-15)21(27)18(31-23)11-17-10-5-13(3)30-17/h5-12,20H,1-4H3/b18-11-. The average Bonchev–Trinajstić information content (AvgIpc) is 3.24. The van der Waals surface area contributed by atoms with Gasteiger partial charge in [-0.1, -0.05) is 35.1 Å². The van der Waals surface area contributed by atoms with Crippen molar-refractivity contribution >= 4 is 35.0 Å². The van der Waals surface area contributed by atoms with Crippen molar-refractivity contribution in [2.75, 3.05) is 0 Å². The van der Waals surface area contributed by atoms with Crippen LogP contribution in [-0.4, -0.2) is 16.6 Å². The Labute approximate surface area is 187 Å². The molecule has 1 unspecified atom stereocenters. The van der Waals surface area contributed by atoms with E-state index in [9.17, 15) is 9.59 Å². The molecule has 1 atom stereocenters. The van der Waals surface area contributed by atoms with E-state index in [0.29, 0.717) is 31.4 Å². The summed E-state index contributed by atoms with van der Waals surface area (Å²) in [6, 6.07) is 10.1. The monoisotopic (exact) mass is 456 g/mol. The first-order valence-corrected chi connectivity index (χ1v) is 11.0. The fraction of sp³-hybridized carbons (Fsp3) is 0.261. The zero-order chi connectivity index (χ0) is 22.3. The van der Waals surface area contributed by atoms with Gasteiger partial charge in [0.15, 0.2) is 4.80 Å². The maximum absolute atomic E-state index is 13.4. The molecule has 0 N–H and O–H groups in total. The van der Waals surface area contributed by atoms with Crippen molar-refractivity contribution < 1.29 is 13.9 Å². The van der Waals surface area contributed by atoms with Gasteiger partial charge in [-0.15, -0.1) is 0 Å². The van der Waals surface area contributed by atoms with Crippen LogP contribution in [0.5, 0.6) is 0 Å². The predicted molar refractivity (Wildman–Crippen MR) is 120 cm³/mol. The van der Waals surface area contributed by atoms with Gasteiger partial charge in [-0.2, -0.15) is 0 Å². The summed E-state index contributed by atoms with van der Waals surface area (Å²) >= 11 is 7.33. The second-order valence-electron chi connectivity index (χ2n) is 7.54. The maximum Gasteiger partial charge on any atom is 0.338 e. The molecule has 31 heavy (non-hydrogen) atoms. The summed E-state index contributed by atoms with van der Waals surface area (Å²) < 4.78 is 13.1. The normalized spacial score (nSPS) is 16.5. The number of esters is 1. The molecule has 3 heterocycles. The average molecular weight is 457 g/mol. The predicted octanol–water partition coefficient (Wildman–Crippen LogP) is 3.74. The van der Waals surface area contributed by atoms with Crippen LogP contribution in [0.15, 0.2) is 61.9 Å². The van der Waals surface area contributed by atoms with Crippen LogP contribution in [0.3, 0.4) is 0 Å². The van der Waals surface area contributed by atoms with Crippen molar-refractivity contribution in [3.05, 3.63) is 89.5 Å². The Morgan fingerprint density at radius 3 is 2.55 bits per heavy atom. The van der Waals surface area contributed by atoms with Crippen LogP contribution >= 0.6 is 22.9 Å². The molecule has 1 aliphatic heterocycles. The van der Waals surface area contributed by atoms with Crippen LogP contribution in [0.25, 0.3) is 6.08 Å². The lowest BCUT2D eigenvalue weighted by atomic mass is 9.96. The van der Waals surface area contributed by atoms with E-state index in [1.807, 2.05) is 13.0 Å². The first kappa shape index (κ1) is 21.3. The van der Waals surface area contributed by atoms with Crippen LogP contribution in [-0.2, 0) is 9.53 Å². The van der Waals surface area contributed by atoms with Crippen LogP contribution in [0.1, 0.15) is 43.9 Å². The first-order chi connectivity index (χ1) is 14.7. The number of hydrogen-bond acceptors (Lipinski definition) is 6. The Hall–Kier alpha value is -2.90. The molecular formula is C23H21ClN2O4S. The van der Waals surface area contributed by atoms with E-state index in [2.05, 4.69) is 4.99 Å². The summed E-state index contributed by atoms with van der Waals surface area (Å²) in [4.78, 5) is 31.5. The van der Waals surface area contributed by atoms with E-state index in [-0.39, 0.29) is 11.7 Å². The first-order valence-electron chi connectivity index (χ1n) is 9.80. The number of allylic oxidation sites excluding steroid dienone is 1. The van der Waals surface area contributed by atoms with Crippen molar-refractivity contribution in [2.45, 2.75) is 39.8 Å². The molecule has 160 valence electrons. The second kappa shape index (κ2) is 8.32. The van der Waals surface area contributed by atoms with Gasteiger partial charge in [-0.3, -0.25) is 9.36 Å². The van der Waals surface area contributed by atoms with Crippen molar-refractivity contribution in [3.8, 4) is 0 Å². The van der Waals surface area contributed by atoms with Gasteiger partial charge in [0.05, 0.1) is 27.9 Å². The molecule has 1 aromatic carbocycles. The molecule has 2 aromatic heterocycles. The van der Waals surface area contributed by atoms with Gasteiger partial charge >= 0.3 is 5.97 Å². The number of halogens is 1. The van der Waals surface area contributed by atoms with Crippen LogP contribution in [0.2, 0.25) is 5.02 Å². The number of furan rings is 1. The lowest BCUT2D eigenvalue weighted by Gasteiger charge is -2.25. The highest BCUT2D eigenvalue weighted by molar-refractivity contribution is 7.07. The molecule has 0 saturated heterocycles. The molecule has 6 nitrogen and oxygen atoms in total. The van der Waals surface area contributed by atoms with Gasteiger partial charge < -0.3 is 9.15 Å². The topological polar surface area (TPSA) is 73.8 Å². The third kappa shape index (κ3) is 4.16. The minimum atomic E-state index is -0.666. The summed E-state index contributed by atoms with van der Waals surface area (Å²) in [6.45, 7) is 7.17. The number of nitrogens with zero attached hydrogens (tertiary/aromatic N) is 2. The molecular weight excluding hydrogens is 436 g/mol. The minimum Gasteiger partial charge on any atom is -0.462 e. The Bertz CT molecular complexity index is 1360. The number of thiazole rings is 1. The Morgan fingerprint density at radius 2 is 1.94 bits per heavy atom. The number of carbonyl (C=O) groups is 1. The van der Waals surface area contributed by atoms with E-state index in [4.69, 9.17) is 20.8 Å². The van der Waals surface area contributed by atoms with Gasteiger partial charge in [0.25, 0.3) is 5.56 Å². The van der Waals surface area contributed by atoms with Crippen LogP contribution < -0.4 is 14.9 Å². The van der Waals surface area contributed by atoms with Gasteiger partial charge in [-0.05, 0) is 57.5 Å². The molecule has 0 bridgehead atoms. The molecule has 3 aromatic rings. The van der Waals surface area contributed by atoms with Crippen molar-refractivity contribution in [1.82, 2.24) is 4.57 Å². The summed E-state index contributed by atoms with van der Waals surface area (Å²) in [5, 5.41) is 0.566. The van der Waals surface area contributed by atoms with Gasteiger partial charge in [0.2, 0.25) is 0 Å². The minimum absolute atomic E-state index is 0.250. The second-order valence-corrected chi connectivity index (χ2v) is 8.98. The summed E-state index contributed by atoms with van der Waals surface area (Å²) in [7, 11) is 0.